The number of carbonyl (C=O) groups excluding carboxylic acids is 2. The largest absolute Gasteiger partial charge is 0.466 e. The second-order valence-corrected chi connectivity index (χ2v) is 11.0. The van der Waals surface area contributed by atoms with Gasteiger partial charge in [-0.25, -0.2) is 4.79 Å². The first-order chi connectivity index (χ1) is 17.4. The number of benzene rings is 3. The van der Waals surface area contributed by atoms with Crippen molar-refractivity contribution in [1.82, 2.24) is 5.32 Å². The van der Waals surface area contributed by atoms with Gasteiger partial charge in [-0.1, -0.05) is 91.0 Å². The summed E-state index contributed by atoms with van der Waals surface area (Å²) in [4.78, 5) is 36.6. The Morgan fingerprint density at radius 2 is 1.31 bits per heavy atom. The molecule has 0 aromatic heterocycles. The summed E-state index contributed by atoms with van der Waals surface area (Å²) < 4.78 is 24.2. The second-order valence-electron chi connectivity index (χ2n) is 8.49. The summed E-state index contributed by atoms with van der Waals surface area (Å²) in [5.41, 5.74) is 2.42. The van der Waals surface area contributed by atoms with Gasteiger partial charge in [-0.05, 0) is 30.0 Å². The Morgan fingerprint density at radius 3 is 1.83 bits per heavy atom. The van der Waals surface area contributed by atoms with Gasteiger partial charge in [-0.2, -0.15) is 0 Å². The van der Waals surface area contributed by atoms with E-state index in [1.54, 1.807) is 6.92 Å². The molecule has 3 aromatic rings. The van der Waals surface area contributed by atoms with Crippen LogP contribution < -0.4 is 5.32 Å². The highest BCUT2D eigenvalue weighted by Gasteiger charge is 2.38. The van der Waals surface area contributed by atoms with Crippen molar-refractivity contribution in [3.63, 3.8) is 0 Å². The Balaban J connectivity index is 1.78. The Kier molecular flexibility index (Phi) is 10.3. The van der Waals surface area contributed by atoms with Crippen molar-refractivity contribution in [3.8, 4) is 0 Å². The molecule has 0 saturated carbocycles. The van der Waals surface area contributed by atoms with Gasteiger partial charge in [0.2, 0.25) is 7.37 Å². The van der Waals surface area contributed by atoms with Crippen molar-refractivity contribution in [2.45, 2.75) is 32.2 Å². The first kappa shape index (κ1) is 27.2. The SMILES string of the molecule is CCOC(=O)C(Cc1ccccc1)CP(=O)(O)[C@H](Cc1ccccc1)NC(=O)OCc1ccccc1. The van der Waals surface area contributed by atoms with E-state index in [9.17, 15) is 19.0 Å². The summed E-state index contributed by atoms with van der Waals surface area (Å²) in [6.07, 6.45) is -0.779. The van der Waals surface area contributed by atoms with Crippen LogP contribution in [0.5, 0.6) is 0 Å². The maximum atomic E-state index is 13.7. The van der Waals surface area contributed by atoms with E-state index in [4.69, 9.17) is 9.47 Å². The zero-order valence-electron chi connectivity index (χ0n) is 20.3. The number of nitrogens with one attached hydrogen (secondary N) is 1. The minimum atomic E-state index is -4.10. The molecule has 0 spiro atoms. The van der Waals surface area contributed by atoms with E-state index in [1.165, 1.54) is 0 Å². The van der Waals surface area contributed by atoms with Crippen LogP contribution in [0.1, 0.15) is 23.6 Å². The first-order valence-electron chi connectivity index (χ1n) is 11.9. The molecule has 7 nitrogen and oxygen atoms in total. The Hall–Kier alpha value is -3.41. The Morgan fingerprint density at radius 1 is 0.806 bits per heavy atom. The van der Waals surface area contributed by atoms with Gasteiger partial charge >= 0.3 is 12.1 Å². The molecule has 0 heterocycles. The Labute approximate surface area is 211 Å². The van der Waals surface area contributed by atoms with Gasteiger partial charge in [-0.3, -0.25) is 9.36 Å². The van der Waals surface area contributed by atoms with Gasteiger partial charge < -0.3 is 19.7 Å². The summed E-state index contributed by atoms with van der Waals surface area (Å²) in [7, 11) is -4.10. The minimum Gasteiger partial charge on any atom is -0.466 e. The van der Waals surface area contributed by atoms with Gasteiger partial charge in [0.15, 0.2) is 0 Å². The summed E-state index contributed by atoms with van der Waals surface area (Å²) in [5, 5.41) is 2.59. The van der Waals surface area contributed by atoms with E-state index >= 15 is 0 Å². The minimum absolute atomic E-state index is 0.0277. The highest BCUT2D eigenvalue weighted by atomic mass is 31.2. The highest BCUT2D eigenvalue weighted by molar-refractivity contribution is 7.58. The lowest BCUT2D eigenvalue weighted by molar-refractivity contribution is -0.147. The van der Waals surface area contributed by atoms with Crippen molar-refractivity contribution < 1.29 is 28.5 Å². The maximum Gasteiger partial charge on any atom is 0.408 e. The van der Waals surface area contributed by atoms with E-state index in [-0.39, 0.29) is 32.2 Å². The smallest absolute Gasteiger partial charge is 0.408 e. The van der Waals surface area contributed by atoms with Crippen LogP contribution in [0.2, 0.25) is 0 Å². The maximum absolute atomic E-state index is 13.7. The molecular weight excluding hydrogens is 477 g/mol. The summed E-state index contributed by atoms with van der Waals surface area (Å²) in [6, 6.07) is 27.5. The lowest BCUT2D eigenvalue weighted by Crippen LogP contribution is -2.38. The number of esters is 1. The van der Waals surface area contributed by atoms with Crippen LogP contribution in [-0.2, 0) is 38.3 Å². The molecule has 0 bridgehead atoms. The molecule has 2 unspecified atom stereocenters. The quantitative estimate of drug-likeness (QED) is 0.258. The van der Waals surface area contributed by atoms with Gasteiger partial charge in [0.25, 0.3) is 0 Å². The monoisotopic (exact) mass is 509 g/mol. The van der Waals surface area contributed by atoms with E-state index in [2.05, 4.69) is 5.32 Å². The molecule has 0 radical (unpaired) electrons. The lowest BCUT2D eigenvalue weighted by Gasteiger charge is -2.27. The fraction of sp³-hybridized carbons (Fsp3) is 0.286. The molecule has 3 aromatic carbocycles. The average Bonchev–Trinajstić information content (AvgIpc) is 2.88. The first-order valence-corrected chi connectivity index (χ1v) is 13.8. The van der Waals surface area contributed by atoms with Gasteiger partial charge in [-0.15, -0.1) is 0 Å². The van der Waals surface area contributed by atoms with E-state index in [0.29, 0.717) is 0 Å². The molecule has 36 heavy (non-hydrogen) atoms. The zero-order valence-corrected chi connectivity index (χ0v) is 21.2. The van der Waals surface area contributed by atoms with Crippen molar-refractivity contribution in [2.75, 3.05) is 12.8 Å². The average molecular weight is 510 g/mol. The molecule has 3 rings (SSSR count). The lowest BCUT2D eigenvalue weighted by atomic mass is 10.0. The predicted octanol–water partition coefficient (Wildman–Crippen LogP) is 5.17. The molecule has 2 N–H and O–H groups in total. The van der Waals surface area contributed by atoms with Crippen molar-refractivity contribution in [1.29, 1.82) is 0 Å². The van der Waals surface area contributed by atoms with Crippen LogP contribution in [0.4, 0.5) is 4.79 Å². The Bertz CT molecular complexity index is 1140. The van der Waals surface area contributed by atoms with Gasteiger partial charge in [0.1, 0.15) is 12.4 Å². The third kappa shape index (κ3) is 8.67. The summed E-state index contributed by atoms with van der Waals surface area (Å²) in [5.74, 6) is -2.53. The summed E-state index contributed by atoms with van der Waals surface area (Å²) in [6.45, 7) is 1.88. The number of hydrogen-bond donors (Lipinski definition) is 2. The zero-order chi connectivity index (χ0) is 25.8. The number of ether oxygens (including phenoxy) is 2. The predicted molar refractivity (Wildman–Crippen MR) is 139 cm³/mol. The molecule has 8 heteroatoms. The van der Waals surface area contributed by atoms with E-state index in [0.717, 1.165) is 16.7 Å². The number of hydrogen-bond acceptors (Lipinski definition) is 5. The van der Waals surface area contributed by atoms with Crippen LogP contribution in [0, 0.1) is 5.92 Å². The van der Waals surface area contributed by atoms with E-state index in [1.807, 2.05) is 91.0 Å². The van der Waals surface area contributed by atoms with Crippen molar-refractivity contribution in [3.05, 3.63) is 108 Å². The number of rotatable bonds is 12. The van der Waals surface area contributed by atoms with Gasteiger partial charge in [0.05, 0.1) is 12.5 Å². The van der Waals surface area contributed by atoms with Crippen molar-refractivity contribution >= 4 is 19.4 Å². The normalized spacial score (nSPS) is 14.2. The number of alkyl carbamates (subject to hydrolysis) is 1. The van der Waals surface area contributed by atoms with Crippen molar-refractivity contribution in [2.24, 2.45) is 5.92 Å². The molecule has 1 amide bonds. The molecule has 190 valence electrons. The molecule has 0 aliphatic carbocycles. The third-order valence-corrected chi connectivity index (χ3v) is 7.93. The fourth-order valence-corrected chi connectivity index (χ4v) is 5.82. The molecule has 0 aliphatic heterocycles. The molecule has 0 fully saturated rings. The number of amides is 1. The molecular formula is C28H32NO6P. The second kappa shape index (κ2) is 13.6. The molecule has 3 atom stereocenters. The highest BCUT2D eigenvalue weighted by Crippen LogP contribution is 2.48. The van der Waals surface area contributed by atoms with E-state index < -0.39 is 31.1 Å². The van der Waals surface area contributed by atoms with Crippen LogP contribution in [0.3, 0.4) is 0 Å². The van der Waals surface area contributed by atoms with Crippen LogP contribution in [0.25, 0.3) is 0 Å². The van der Waals surface area contributed by atoms with Crippen LogP contribution in [0.15, 0.2) is 91.0 Å². The van der Waals surface area contributed by atoms with Gasteiger partial charge in [0, 0.05) is 12.6 Å². The third-order valence-electron chi connectivity index (χ3n) is 5.68. The molecule has 0 saturated heterocycles. The number of carbonyl (C=O) groups is 2. The standard InChI is InChI=1S/C28H32NO6P/c1-2-34-27(30)25(18-22-12-6-3-7-13-22)21-36(32,33)26(19-23-14-8-4-9-15-23)29-28(31)35-20-24-16-10-5-11-17-24/h3-17,25-26H,2,18-21H2,1H3,(H,29,31)(H,32,33)/t25?,26-/m1/s1. The molecule has 0 aliphatic rings. The van der Waals surface area contributed by atoms with Crippen LogP contribution in [-0.4, -0.2) is 35.5 Å². The summed E-state index contributed by atoms with van der Waals surface area (Å²) >= 11 is 0. The topological polar surface area (TPSA) is 102 Å². The fourth-order valence-electron chi connectivity index (χ4n) is 3.86. The van der Waals surface area contributed by atoms with Crippen LogP contribution >= 0.6 is 7.37 Å².